The normalized spacial score (nSPS) is 29.0. The molecule has 0 spiro atoms. The Labute approximate surface area is 94.1 Å². The highest BCUT2D eigenvalue weighted by Crippen LogP contribution is 2.40. The summed E-state index contributed by atoms with van der Waals surface area (Å²) in [5.41, 5.74) is 0. The minimum atomic E-state index is -0.634. The first kappa shape index (κ1) is 11.0. The molecule has 2 aliphatic rings. The first-order chi connectivity index (χ1) is 7.67. The fraction of sp³-hybridized carbons (Fsp3) is 0.583. The van der Waals surface area contributed by atoms with Crippen LogP contribution in [0.15, 0.2) is 12.7 Å². The van der Waals surface area contributed by atoms with Gasteiger partial charge < -0.3 is 4.79 Å². The molecule has 3 atom stereocenters. The van der Waals surface area contributed by atoms with Gasteiger partial charge in [0.1, 0.15) is 6.29 Å². The smallest absolute Gasteiger partial charge is 0.237 e. The molecule has 4 heteroatoms. The predicted octanol–water partition coefficient (Wildman–Crippen LogP) is 0.676. The largest absolute Gasteiger partial charge is 0.303 e. The molecule has 2 fully saturated rings. The number of allylic oxidation sites excluding steroid dienone is 1. The summed E-state index contributed by atoms with van der Waals surface area (Å²) in [6, 6.07) is 0. The maximum absolute atomic E-state index is 11.6. The van der Waals surface area contributed by atoms with E-state index in [2.05, 4.69) is 11.9 Å². The van der Waals surface area contributed by atoms with E-state index in [1.54, 1.807) is 6.08 Å². The van der Waals surface area contributed by atoms with Crippen LogP contribution in [0, 0.1) is 23.7 Å². The number of aldehydes is 1. The first-order valence-electron chi connectivity index (χ1n) is 5.60. The Morgan fingerprint density at radius 2 is 2.06 bits per heavy atom. The molecule has 86 valence electrons. The second-order valence-electron chi connectivity index (χ2n) is 4.59. The van der Waals surface area contributed by atoms with Crippen molar-refractivity contribution in [2.75, 3.05) is 0 Å². The second-order valence-corrected chi connectivity index (χ2v) is 4.59. The van der Waals surface area contributed by atoms with Crippen molar-refractivity contribution in [2.24, 2.45) is 23.7 Å². The van der Waals surface area contributed by atoms with Gasteiger partial charge in [-0.05, 0) is 31.1 Å². The standard InChI is InChI=1S/C12H15NO3/c1-2-7-5-9(7)11(15)13-12(16)10(6-14)8-3-4-8/h2,6-10H,1,3-5H2,(H,13,15,16)/t7-,9+,10?/m1/s1. The molecule has 0 aromatic rings. The van der Waals surface area contributed by atoms with E-state index in [0.717, 1.165) is 19.3 Å². The Balaban J connectivity index is 1.84. The van der Waals surface area contributed by atoms with Gasteiger partial charge in [0.05, 0.1) is 5.92 Å². The number of hydrogen-bond acceptors (Lipinski definition) is 3. The lowest BCUT2D eigenvalue weighted by atomic mass is 10.1. The van der Waals surface area contributed by atoms with Gasteiger partial charge in [0.2, 0.25) is 11.8 Å². The van der Waals surface area contributed by atoms with E-state index >= 15 is 0 Å². The van der Waals surface area contributed by atoms with Crippen molar-refractivity contribution in [1.82, 2.24) is 5.32 Å². The van der Waals surface area contributed by atoms with Crippen molar-refractivity contribution in [2.45, 2.75) is 19.3 Å². The van der Waals surface area contributed by atoms with Gasteiger partial charge in [-0.1, -0.05) is 6.08 Å². The zero-order valence-electron chi connectivity index (χ0n) is 9.02. The van der Waals surface area contributed by atoms with Crippen LogP contribution in [-0.4, -0.2) is 18.1 Å². The third-order valence-electron chi connectivity index (χ3n) is 3.30. The Morgan fingerprint density at radius 3 is 2.50 bits per heavy atom. The van der Waals surface area contributed by atoms with Gasteiger partial charge in [-0.25, -0.2) is 0 Å². The lowest BCUT2D eigenvalue weighted by Crippen LogP contribution is -2.38. The van der Waals surface area contributed by atoms with Gasteiger partial charge in [0.15, 0.2) is 0 Å². The molecular formula is C12H15NO3. The van der Waals surface area contributed by atoms with Crippen LogP contribution in [-0.2, 0) is 14.4 Å². The lowest BCUT2D eigenvalue weighted by molar-refractivity contribution is -0.135. The van der Waals surface area contributed by atoms with Crippen LogP contribution in [0.25, 0.3) is 0 Å². The number of hydrogen-bond donors (Lipinski definition) is 1. The maximum Gasteiger partial charge on any atom is 0.237 e. The molecule has 0 saturated heterocycles. The van der Waals surface area contributed by atoms with Gasteiger partial charge in [-0.2, -0.15) is 0 Å². The van der Waals surface area contributed by atoms with E-state index in [4.69, 9.17) is 0 Å². The lowest BCUT2D eigenvalue weighted by Gasteiger charge is -2.08. The van der Waals surface area contributed by atoms with E-state index < -0.39 is 11.8 Å². The Kier molecular flexibility index (Phi) is 2.90. The number of imide groups is 1. The van der Waals surface area contributed by atoms with E-state index in [-0.39, 0.29) is 23.7 Å². The highest BCUT2D eigenvalue weighted by molar-refractivity contribution is 6.03. The molecular weight excluding hydrogens is 206 g/mol. The van der Waals surface area contributed by atoms with Crippen LogP contribution in [0.3, 0.4) is 0 Å². The molecule has 1 N–H and O–H groups in total. The predicted molar refractivity (Wildman–Crippen MR) is 57.2 cm³/mol. The fourth-order valence-electron chi connectivity index (χ4n) is 1.92. The zero-order chi connectivity index (χ0) is 11.7. The van der Waals surface area contributed by atoms with Crippen LogP contribution in [0.5, 0.6) is 0 Å². The summed E-state index contributed by atoms with van der Waals surface area (Å²) >= 11 is 0. The molecule has 0 radical (unpaired) electrons. The third kappa shape index (κ3) is 2.21. The maximum atomic E-state index is 11.6. The minimum Gasteiger partial charge on any atom is -0.303 e. The van der Waals surface area contributed by atoms with Crippen LogP contribution >= 0.6 is 0 Å². The molecule has 4 nitrogen and oxygen atoms in total. The third-order valence-corrected chi connectivity index (χ3v) is 3.30. The van der Waals surface area contributed by atoms with Crippen molar-refractivity contribution >= 4 is 18.1 Å². The Bertz CT molecular complexity index is 346. The number of rotatable bonds is 5. The summed E-state index contributed by atoms with van der Waals surface area (Å²) in [6.07, 6.45) is 4.95. The second kappa shape index (κ2) is 4.20. The molecule has 2 amide bonds. The summed E-state index contributed by atoms with van der Waals surface area (Å²) < 4.78 is 0. The molecule has 16 heavy (non-hydrogen) atoms. The minimum absolute atomic E-state index is 0.118. The highest BCUT2D eigenvalue weighted by atomic mass is 16.2. The number of carbonyl (C=O) groups excluding carboxylic acids is 3. The van der Waals surface area contributed by atoms with Crippen LogP contribution in [0.2, 0.25) is 0 Å². The molecule has 2 rings (SSSR count). The van der Waals surface area contributed by atoms with Crippen LogP contribution < -0.4 is 5.32 Å². The van der Waals surface area contributed by atoms with Crippen molar-refractivity contribution in [3.63, 3.8) is 0 Å². The van der Waals surface area contributed by atoms with E-state index in [1.165, 1.54) is 0 Å². The molecule has 0 aromatic carbocycles. The molecule has 0 bridgehead atoms. The van der Waals surface area contributed by atoms with Crippen molar-refractivity contribution < 1.29 is 14.4 Å². The SMILES string of the molecule is C=C[C@@H]1C[C@@H]1C(=O)NC(=O)C(C=O)C1CC1. The zero-order valence-corrected chi connectivity index (χ0v) is 9.02. The van der Waals surface area contributed by atoms with Gasteiger partial charge in [-0.15, -0.1) is 6.58 Å². The molecule has 0 heterocycles. The van der Waals surface area contributed by atoms with Crippen molar-refractivity contribution in [1.29, 1.82) is 0 Å². The van der Waals surface area contributed by atoms with E-state index in [0.29, 0.717) is 6.29 Å². The number of nitrogens with one attached hydrogen (secondary N) is 1. The van der Waals surface area contributed by atoms with E-state index in [9.17, 15) is 14.4 Å². The number of amides is 2. The topological polar surface area (TPSA) is 63.2 Å². The summed E-state index contributed by atoms with van der Waals surface area (Å²) in [6.45, 7) is 3.60. The number of carbonyl (C=O) groups is 3. The Hall–Kier alpha value is -1.45. The fourth-order valence-corrected chi connectivity index (χ4v) is 1.92. The van der Waals surface area contributed by atoms with Crippen LogP contribution in [0.4, 0.5) is 0 Å². The first-order valence-corrected chi connectivity index (χ1v) is 5.60. The monoisotopic (exact) mass is 221 g/mol. The molecule has 2 saturated carbocycles. The van der Waals surface area contributed by atoms with Crippen molar-refractivity contribution in [3.05, 3.63) is 12.7 Å². The molecule has 1 unspecified atom stereocenters. The summed E-state index contributed by atoms with van der Waals surface area (Å²) in [4.78, 5) is 33.9. The average Bonchev–Trinajstić information content (AvgIpc) is 3.13. The average molecular weight is 221 g/mol. The Morgan fingerprint density at radius 1 is 1.38 bits per heavy atom. The summed E-state index contributed by atoms with van der Waals surface area (Å²) in [5.74, 6) is -1.10. The van der Waals surface area contributed by atoms with Gasteiger partial charge in [-0.3, -0.25) is 14.9 Å². The van der Waals surface area contributed by atoms with E-state index in [1.807, 2.05) is 0 Å². The summed E-state index contributed by atoms with van der Waals surface area (Å²) in [7, 11) is 0. The summed E-state index contributed by atoms with van der Waals surface area (Å²) in [5, 5.41) is 2.32. The highest BCUT2D eigenvalue weighted by Gasteiger charge is 2.43. The van der Waals surface area contributed by atoms with Gasteiger partial charge in [0.25, 0.3) is 0 Å². The van der Waals surface area contributed by atoms with Gasteiger partial charge in [0, 0.05) is 5.92 Å². The van der Waals surface area contributed by atoms with Gasteiger partial charge >= 0.3 is 0 Å². The molecule has 0 aromatic heterocycles. The molecule has 0 aliphatic heterocycles. The van der Waals surface area contributed by atoms with Crippen molar-refractivity contribution in [3.8, 4) is 0 Å². The molecule has 2 aliphatic carbocycles. The quantitative estimate of drug-likeness (QED) is 0.422. The van der Waals surface area contributed by atoms with Crippen LogP contribution in [0.1, 0.15) is 19.3 Å².